The summed E-state index contributed by atoms with van der Waals surface area (Å²) in [6.07, 6.45) is 3.66. The van der Waals surface area contributed by atoms with Gasteiger partial charge in [0.2, 0.25) is 0 Å². The second kappa shape index (κ2) is 5.63. The SMILES string of the molecule is CC1(C)CCC(c2nc(N3C=NC4c5ccccc5-n5c(cnc5F)N43)no2)O1. The topological polar surface area (TPSA) is 84.8 Å². The minimum atomic E-state index is -0.590. The molecule has 2 unspecified atom stereocenters. The Balaban J connectivity index is 1.39. The molecule has 9 nitrogen and oxygen atoms in total. The summed E-state index contributed by atoms with van der Waals surface area (Å²) >= 11 is 0. The van der Waals surface area contributed by atoms with E-state index in [-0.39, 0.29) is 17.9 Å². The Kier molecular flexibility index (Phi) is 3.24. The van der Waals surface area contributed by atoms with Crippen LogP contribution in [0.2, 0.25) is 0 Å². The molecule has 2 aromatic heterocycles. The van der Waals surface area contributed by atoms with Crippen molar-refractivity contribution in [1.29, 1.82) is 0 Å². The number of hydrazine groups is 1. The maximum Gasteiger partial charge on any atom is 0.295 e. The molecule has 5 heterocycles. The molecule has 0 spiro atoms. The molecule has 3 aromatic rings. The number of ether oxygens (including phenoxy) is 1. The number of para-hydroxylation sites is 1. The van der Waals surface area contributed by atoms with Gasteiger partial charge in [0.15, 0.2) is 12.0 Å². The zero-order valence-electron chi connectivity index (χ0n) is 15.9. The fourth-order valence-electron chi connectivity index (χ4n) is 4.18. The maximum absolute atomic E-state index is 14.5. The molecule has 0 amide bonds. The zero-order chi connectivity index (χ0) is 19.8. The summed E-state index contributed by atoms with van der Waals surface area (Å²) in [7, 11) is 0. The van der Waals surface area contributed by atoms with Crippen molar-refractivity contribution >= 4 is 18.1 Å². The molecule has 2 atom stereocenters. The molecule has 0 radical (unpaired) electrons. The van der Waals surface area contributed by atoms with Crippen molar-refractivity contribution in [3.63, 3.8) is 0 Å². The van der Waals surface area contributed by atoms with Gasteiger partial charge < -0.3 is 9.26 Å². The molecular formula is C19H18FN7O2. The lowest BCUT2D eigenvalue weighted by atomic mass is 10.1. The number of aliphatic imine (C=N–C) groups is 1. The first-order chi connectivity index (χ1) is 14.0. The second-order valence-corrected chi connectivity index (χ2v) is 7.94. The van der Waals surface area contributed by atoms with E-state index >= 15 is 0 Å². The summed E-state index contributed by atoms with van der Waals surface area (Å²) in [5, 5.41) is 7.57. The zero-order valence-corrected chi connectivity index (χ0v) is 15.9. The molecule has 0 aliphatic carbocycles. The predicted octanol–water partition coefficient (Wildman–Crippen LogP) is 3.31. The first-order valence-corrected chi connectivity index (χ1v) is 9.47. The molecule has 3 aliphatic rings. The van der Waals surface area contributed by atoms with Crippen molar-refractivity contribution in [2.45, 2.75) is 44.6 Å². The van der Waals surface area contributed by atoms with E-state index in [1.807, 2.05) is 38.1 Å². The molecule has 0 saturated carbocycles. The smallest absolute Gasteiger partial charge is 0.295 e. The Hall–Kier alpha value is -3.27. The molecule has 10 heteroatoms. The van der Waals surface area contributed by atoms with Gasteiger partial charge in [-0.2, -0.15) is 9.37 Å². The molecule has 3 aliphatic heterocycles. The number of benzene rings is 1. The second-order valence-electron chi connectivity index (χ2n) is 7.94. The minimum absolute atomic E-state index is 0.208. The van der Waals surface area contributed by atoms with Crippen LogP contribution >= 0.6 is 0 Å². The summed E-state index contributed by atoms with van der Waals surface area (Å²) < 4.78 is 27.4. The minimum Gasteiger partial charge on any atom is -0.362 e. The number of hydrogen-bond donors (Lipinski definition) is 0. The standard InChI is InChI=1S/C19H18FN7O2/c1-19(2)8-7-13(28-19)16-23-18(24-29-16)25-10-22-15-11-5-3-4-6-12(11)26-14(27(15)25)9-21-17(26)20/h3-6,9-10,13,15H,7-8H2,1-2H3. The highest BCUT2D eigenvalue weighted by Gasteiger charge is 2.42. The molecule has 1 aromatic carbocycles. The van der Waals surface area contributed by atoms with Gasteiger partial charge in [0.05, 0.1) is 17.5 Å². The van der Waals surface area contributed by atoms with Gasteiger partial charge in [-0.1, -0.05) is 18.2 Å². The third-order valence-corrected chi connectivity index (χ3v) is 5.55. The molecule has 0 bridgehead atoms. The normalized spacial score (nSPS) is 24.0. The molecule has 1 saturated heterocycles. The summed E-state index contributed by atoms with van der Waals surface area (Å²) in [5.74, 6) is 1.28. The lowest BCUT2D eigenvalue weighted by Crippen LogP contribution is -2.43. The summed E-state index contributed by atoms with van der Waals surface area (Å²) in [4.78, 5) is 13.0. The van der Waals surface area contributed by atoms with Gasteiger partial charge in [0, 0.05) is 5.56 Å². The highest BCUT2D eigenvalue weighted by atomic mass is 19.1. The summed E-state index contributed by atoms with van der Waals surface area (Å²) in [6.45, 7) is 4.09. The highest BCUT2D eigenvalue weighted by molar-refractivity contribution is 5.85. The van der Waals surface area contributed by atoms with E-state index in [4.69, 9.17) is 9.26 Å². The number of anilines is 2. The van der Waals surface area contributed by atoms with Crippen LogP contribution in [0, 0.1) is 6.08 Å². The molecular weight excluding hydrogens is 377 g/mol. The van der Waals surface area contributed by atoms with Gasteiger partial charge in [-0.15, -0.1) is 0 Å². The number of rotatable bonds is 2. The van der Waals surface area contributed by atoms with Gasteiger partial charge in [-0.3, -0.25) is 4.57 Å². The Morgan fingerprint density at radius 3 is 2.93 bits per heavy atom. The van der Waals surface area contributed by atoms with Crippen molar-refractivity contribution in [3.05, 3.63) is 48.0 Å². The summed E-state index contributed by atoms with van der Waals surface area (Å²) in [5.41, 5.74) is 1.37. The van der Waals surface area contributed by atoms with Crippen LogP contribution in [-0.4, -0.2) is 31.6 Å². The number of imidazole rings is 1. The van der Waals surface area contributed by atoms with Crippen LogP contribution in [0.5, 0.6) is 0 Å². The average molecular weight is 395 g/mol. The van der Waals surface area contributed by atoms with E-state index in [1.165, 1.54) is 10.8 Å². The third-order valence-electron chi connectivity index (χ3n) is 5.55. The molecule has 1 fully saturated rings. The predicted molar refractivity (Wildman–Crippen MR) is 101 cm³/mol. The van der Waals surface area contributed by atoms with E-state index < -0.39 is 6.08 Å². The van der Waals surface area contributed by atoms with E-state index in [0.29, 0.717) is 23.3 Å². The van der Waals surface area contributed by atoms with Crippen molar-refractivity contribution in [2.24, 2.45) is 4.99 Å². The van der Waals surface area contributed by atoms with Crippen molar-refractivity contribution < 1.29 is 13.7 Å². The van der Waals surface area contributed by atoms with Gasteiger partial charge in [-0.05, 0) is 37.9 Å². The van der Waals surface area contributed by atoms with Gasteiger partial charge in [0.25, 0.3) is 17.9 Å². The first kappa shape index (κ1) is 16.7. The van der Waals surface area contributed by atoms with Gasteiger partial charge in [-0.25, -0.2) is 20.0 Å². The average Bonchev–Trinajstić information content (AvgIpc) is 3.46. The van der Waals surface area contributed by atoms with Crippen LogP contribution in [0.25, 0.3) is 5.69 Å². The van der Waals surface area contributed by atoms with Crippen LogP contribution in [0.4, 0.5) is 16.2 Å². The molecule has 0 N–H and O–H groups in total. The van der Waals surface area contributed by atoms with Crippen LogP contribution in [-0.2, 0) is 4.74 Å². The number of fused-ring (bicyclic) bond motifs is 6. The van der Waals surface area contributed by atoms with Crippen LogP contribution in [0.3, 0.4) is 0 Å². The van der Waals surface area contributed by atoms with Gasteiger partial charge in [0.1, 0.15) is 12.4 Å². The lowest BCUT2D eigenvalue weighted by molar-refractivity contribution is -0.0292. The molecule has 29 heavy (non-hydrogen) atoms. The van der Waals surface area contributed by atoms with E-state index in [1.54, 1.807) is 16.4 Å². The van der Waals surface area contributed by atoms with E-state index in [2.05, 4.69) is 20.1 Å². The third kappa shape index (κ3) is 2.35. The Bertz CT molecular complexity index is 1140. The van der Waals surface area contributed by atoms with Crippen LogP contribution < -0.4 is 10.0 Å². The van der Waals surface area contributed by atoms with Crippen LogP contribution in [0.1, 0.15) is 50.4 Å². The number of aromatic nitrogens is 4. The quantitative estimate of drug-likeness (QED) is 0.658. The Morgan fingerprint density at radius 2 is 2.10 bits per heavy atom. The summed E-state index contributed by atoms with van der Waals surface area (Å²) in [6, 6.07) is 7.54. The molecule has 6 rings (SSSR count). The monoisotopic (exact) mass is 395 g/mol. The van der Waals surface area contributed by atoms with Crippen LogP contribution in [0.15, 0.2) is 40.0 Å². The largest absolute Gasteiger partial charge is 0.362 e. The van der Waals surface area contributed by atoms with E-state index in [9.17, 15) is 4.39 Å². The van der Waals surface area contributed by atoms with E-state index in [0.717, 1.165) is 18.4 Å². The first-order valence-electron chi connectivity index (χ1n) is 9.47. The Labute approximate surface area is 165 Å². The maximum atomic E-state index is 14.5. The van der Waals surface area contributed by atoms with Gasteiger partial charge >= 0.3 is 0 Å². The fourth-order valence-corrected chi connectivity index (χ4v) is 4.18. The molecule has 148 valence electrons. The number of hydrogen-bond acceptors (Lipinski definition) is 8. The number of halogens is 1. The fraction of sp³-hybridized carbons (Fsp3) is 0.368. The van der Waals surface area contributed by atoms with Crippen molar-refractivity contribution in [3.8, 4) is 5.69 Å². The number of nitrogens with zero attached hydrogens (tertiary/aromatic N) is 7. The lowest BCUT2D eigenvalue weighted by Gasteiger charge is -2.35. The Morgan fingerprint density at radius 1 is 1.24 bits per heavy atom. The van der Waals surface area contributed by atoms with Crippen molar-refractivity contribution in [1.82, 2.24) is 19.7 Å². The highest BCUT2D eigenvalue weighted by Crippen LogP contribution is 2.44. The van der Waals surface area contributed by atoms with Crippen molar-refractivity contribution in [2.75, 3.05) is 10.0 Å².